The summed E-state index contributed by atoms with van der Waals surface area (Å²) in [6.07, 6.45) is -3.19. The first-order valence-electron chi connectivity index (χ1n) is 3.96. The van der Waals surface area contributed by atoms with Gasteiger partial charge in [-0.1, -0.05) is 0 Å². The van der Waals surface area contributed by atoms with Gasteiger partial charge in [-0.3, -0.25) is 0 Å². The highest BCUT2D eigenvalue weighted by atomic mass is 16.5. The lowest BCUT2D eigenvalue weighted by Crippen LogP contribution is -2.60. The molecule has 1 rings (SSSR count). The van der Waals surface area contributed by atoms with Crippen molar-refractivity contribution in [2.45, 2.75) is 37.4 Å². The summed E-state index contributed by atoms with van der Waals surface area (Å²) >= 11 is 0. The maximum absolute atomic E-state index is 9.35. The summed E-state index contributed by atoms with van der Waals surface area (Å²) in [4.78, 5) is 0. The number of aliphatic hydroxyl groups is 3. The predicted molar refractivity (Wildman–Crippen MR) is 41.4 cm³/mol. The summed E-state index contributed by atoms with van der Waals surface area (Å²) in [5.41, 5.74) is 5.51. The molecule has 0 aromatic rings. The largest absolute Gasteiger partial charge is 0.394 e. The molecule has 0 radical (unpaired) electrons. The molecule has 3 unspecified atom stereocenters. The van der Waals surface area contributed by atoms with Crippen LogP contribution in [0.4, 0.5) is 0 Å². The highest BCUT2D eigenvalue weighted by Crippen LogP contribution is 2.18. The molecule has 0 amide bonds. The highest BCUT2D eigenvalue weighted by Gasteiger charge is 2.40. The van der Waals surface area contributed by atoms with Crippen LogP contribution in [-0.2, 0) is 4.74 Å². The van der Waals surface area contributed by atoms with Gasteiger partial charge in [0.05, 0.1) is 18.8 Å². The van der Waals surface area contributed by atoms with Gasteiger partial charge in [0.25, 0.3) is 0 Å². The fraction of sp³-hybridized carbons (Fsp3) is 1.00. The first-order valence-corrected chi connectivity index (χ1v) is 3.96. The summed E-state index contributed by atoms with van der Waals surface area (Å²) in [5, 5.41) is 27.4. The molecule has 0 aromatic heterocycles. The Kier molecular flexibility index (Phi) is 3.03. The fourth-order valence-corrected chi connectivity index (χ4v) is 1.32. The third kappa shape index (κ3) is 1.60. The van der Waals surface area contributed by atoms with E-state index in [0.29, 0.717) is 0 Å². The zero-order valence-corrected chi connectivity index (χ0v) is 6.92. The summed E-state index contributed by atoms with van der Waals surface area (Å²) < 4.78 is 5.15. The quantitative estimate of drug-likeness (QED) is 0.365. The van der Waals surface area contributed by atoms with Gasteiger partial charge in [-0.05, 0) is 6.92 Å². The average Bonchev–Trinajstić information content (AvgIpc) is 2.08. The lowest BCUT2D eigenvalue weighted by atomic mass is 9.94. The SMILES string of the molecule is C[C@H]1OC(CO)[C@@H](O)C(O)C1N. The van der Waals surface area contributed by atoms with Crippen molar-refractivity contribution < 1.29 is 20.1 Å². The maximum atomic E-state index is 9.35. The van der Waals surface area contributed by atoms with Crippen molar-refractivity contribution in [3.8, 4) is 0 Å². The van der Waals surface area contributed by atoms with Gasteiger partial charge in [0, 0.05) is 0 Å². The zero-order chi connectivity index (χ0) is 9.30. The van der Waals surface area contributed by atoms with Crippen LogP contribution in [0.2, 0.25) is 0 Å². The summed E-state index contributed by atoms with van der Waals surface area (Å²) in [6.45, 7) is 1.39. The monoisotopic (exact) mass is 177 g/mol. The maximum Gasteiger partial charge on any atom is 0.110 e. The van der Waals surface area contributed by atoms with E-state index in [1.807, 2.05) is 0 Å². The summed E-state index contributed by atoms with van der Waals surface area (Å²) in [7, 11) is 0. The number of ether oxygens (including phenoxy) is 1. The molecule has 0 spiro atoms. The van der Waals surface area contributed by atoms with E-state index < -0.39 is 24.4 Å². The van der Waals surface area contributed by atoms with Gasteiger partial charge in [0.15, 0.2) is 0 Å². The normalized spacial score (nSPS) is 49.2. The molecule has 72 valence electrons. The topological polar surface area (TPSA) is 95.9 Å². The van der Waals surface area contributed by atoms with Crippen molar-refractivity contribution in [3.05, 3.63) is 0 Å². The molecule has 5 nitrogen and oxygen atoms in total. The Bertz CT molecular complexity index is 150. The lowest BCUT2D eigenvalue weighted by molar-refractivity contribution is -0.183. The number of aliphatic hydroxyl groups excluding tert-OH is 3. The van der Waals surface area contributed by atoms with Crippen molar-refractivity contribution in [1.29, 1.82) is 0 Å². The molecule has 0 saturated carbocycles. The Morgan fingerprint density at radius 2 is 1.92 bits per heavy atom. The number of rotatable bonds is 1. The number of hydrogen-bond donors (Lipinski definition) is 4. The van der Waals surface area contributed by atoms with Crippen LogP contribution >= 0.6 is 0 Å². The first kappa shape index (κ1) is 9.88. The van der Waals surface area contributed by atoms with Gasteiger partial charge in [-0.25, -0.2) is 0 Å². The fourth-order valence-electron chi connectivity index (χ4n) is 1.32. The van der Waals surface area contributed by atoms with E-state index in [0.717, 1.165) is 0 Å². The van der Waals surface area contributed by atoms with Gasteiger partial charge in [0.2, 0.25) is 0 Å². The van der Waals surface area contributed by atoms with Crippen molar-refractivity contribution in [1.82, 2.24) is 0 Å². The molecular formula is C7H15NO4. The number of nitrogens with two attached hydrogens (primary N) is 1. The summed E-state index contributed by atoms with van der Waals surface area (Å²) in [6, 6.07) is -0.595. The van der Waals surface area contributed by atoms with Crippen molar-refractivity contribution in [2.24, 2.45) is 5.73 Å². The standard InChI is InChI=1S/C7H15NO4/c1-3-5(8)7(11)6(10)4(2-9)12-3/h3-7,9-11H,2,8H2,1H3/t3-,4?,5?,6-,7?/m1/s1. The Balaban J connectivity index is 2.63. The molecule has 0 aromatic carbocycles. The molecule has 1 fully saturated rings. The van der Waals surface area contributed by atoms with E-state index in [2.05, 4.69) is 0 Å². The Hall–Kier alpha value is -0.200. The third-order valence-corrected chi connectivity index (χ3v) is 2.24. The molecule has 1 aliphatic rings. The van der Waals surface area contributed by atoms with Gasteiger partial charge in [-0.2, -0.15) is 0 Å². The minimum Gasteiger partial charge on any atom is -0.394 e. The van der Waals surface area contributed by atoms with E-state index >= 15 is 0 Å². The molecule has 5 N–H and O–H groups in total. The minimum absolute atomic E-state index is 0.310. The van der Waals surface area contributed by atoms with Crippen molar-refractivity contribution in [2.75, 3.05) is 6.61 Å². The van der Waals surface area contributed by atoms with Crippen molar-refractivity contribution >= 4 is 0 Å². The Morgan fingerprint density at radius 1 is 1.33 bits per heavy atom. The number of hydrogen-bond acceptors (Lipinski definition) is 5. The second-order valence-corrected chi connectivity index (χ2v) is 3.12. The van der Waals surface area contributed by atoms with Crippen LogP contribution in [0.1, 0.15) is 6.92 Å². The van der Waals surface area contributed by atoms with Crippen LogP contribution < -0.4 is 5.73 Å². The van der Waals surface area contributed by atoms with E-state index in [1.54, 1.807) is 6.92 Å². The summed E-state index contributed by atoms with van der Waals surface area (Å²) in [5.74, 6) is 0. The van der Waals surface area contributed by atoms with E-state index in [9.17, 15) is 10.2 Å². The van der Waals surface area contributed by atoms with Crippen LogP contribution in [-0.4, -0.2) is 52.4 Å². The Morgan fingerprint density at radius 3 is 2.42 bits per heavy atom. The van der Waals surface area contributed by atoms with Gasteiger partial charge in [-0.15, -0.1) is 0 Å². The lowest BCUT2D eigenvalue weighted by Gasteiger charge is -2.39. The second-order valence-electron chi connectivity index (χ2n) is 3.12. The third-order valence-electron chi connectivity index (χ3n) is 2.24. The average molecular weight is 177 g/mol. The van der Waals surface area contributed by atoms with Crippen LogP contribution in [0.3, 0.4) is 0 Å². The molecule has 1 aliphatic heterocycles. The van der Waals surface area contributed by atoms with Crippen LogP contribution in [0, 0.1) is 0 Å². The molecule has 1 saturated heterocycles. The van der Waals surface area contributed by atoms with Crippen LogP contribution in [0.15, 0.2) is 0 Å². The minimum atomic E-state index is -1.10. The molecule has 5 atom stereocenters. The zero-order valence-electron chi connectivity index (χ0n) is 6.92. The van der Waals surface area contributed by atoms with E-state index in [4.69, 9.17) is 15.6 Å². The first-order chi connectivity index (χ1) is 5.57. The molecule has 1 heterocycles. The molecule has 0 aliphatic carbocycles. The molecule has 5 heteroatoms. The van der Waals surface area contributed by atoms with Crippen LogP contribution in [0.5, 0.6) is 0 Å². The smallest absolute Gasteiger partial charge is 0.110 e. The van der Waals surface area contributed by atoms with Crippen LogP contribution in [0.25, 0.3) is 0 Å². The van der Waals surface area contributed by atoms with Gasteiger partial charge >= 0.3 is 0 Å². The van der Waals surface area contributed by atoms with Gasteiger partial charge < -0.3 is 25.8 Å². The predicted octanol–water partition coefficient (Wildman–Crippen LogP) is -2.18. The van der Waals surface area contributed by atoms with E-state index in [1.165, 1.54) is 0 Å². The molecule has 0 bridgehead atoms. The molecular weight excluding hydrogens is 162 g/mol. The Labute approximate surface area is 70.8 Å². The van der Waals surface area contributed by atoms with E-state index in [-0.39, 0.29) is 12.7 Å². The molecule has 12 heavy (non-hydrogen) atoms. The van der Waals surface area contributed by atoms with Gasteiger partial charge in [0.1, 0.15) is 18.3 Å². The second kappa shape index (κ2) is 3.68. The van der Waals surface area contributed by atoms with Crippen molar-refractivity contribution in [3.63, 3.8) is 0 Å². The highest BCUT2D eigenvalue weighted by molar-refractivity contribution is 4.92.